The molecule has 0 heterocycles. The van der Waals surface area contributed by atoms with Crippen molar-refractivity contribution < 1.29 is 9.13 Å². The highest BCUT2D eigenvalue weighted by atomic mass is 35.5. The van der Waals surface area contributed by atoms with E-state index >= 15 is 0 Å². The summed E-state index contributed by atoms with van der Waals surface area (Å²) in [7, 11) is 0. The second kappa shape index (κ2) is 5.17. The lowest BCUT2D eigenvalue weighted by molar-refractivity contribution is 0.272. The van der Waals surface area contributed by atoms with Crippen molar-refractivity contribution in [2.24, 2.45) is 0 Å². The number of hydrogen-bond donors (Lipinski definition) is 0. The first kappa shape index (κ1) is 11.2. The smallest absolute Gasteiger partial charge is 0.124 e. The lowest BCUT2D eigenvalue weighted by Gasteiger charge is -2.11. The molecule has 0 aliphatic carbocycles. The molecular formula is C13H12ClFO. The summed E-state index contributed by atoms with van der Waals surface area (Å²) >= 11 is 5.92. The Morgan fingerprint density at radius 1 is 1.12 bits per heavy atom. The Balaban J connectivity index is 2.50. The van der Waals surface area contributed by atoms with Crippen LogP contribution in [0.25, 0.3) is 10.8 Å². The van der Waals surface area contributed by atoms with Gasteiger partial charge in [0.1, 0.15) is 19.0 Å². The largest absolute Gasteiger partial charge is 0.491 e. The number of benzene rings is 2. The Morgan fingerprint density at radius 2 is 1.94 bits per heavy atom. The lowest BCUT2D eigenvalue weighted by atomic mass is 10.0. The molecule has 0 bridgehead atoms. The summed E-state index contributed by atoms with van der Waals surface area (Å²) in [5.41, 5.74) is 0.924. The third-order valence-corrected chi connectivity index (χ3v) is 2.73. The Kier molecular flexibility index (Phi) is 3.62. The zero-order valence-corrected chi connectivity index (χ0v) is 9.51. The van der Waals surface area contributed by atoms with E-state index in [1.807, 2.05) is 36.4 Å². The van der Waals surface area contributed by atoms with E-state index in [0.717, 1.165) is 16.3 Å². The van der Waals surface area contributed by atoms with Crippen LogP contribution in [0.15, 0.2) is 36.4 Å². The predicted molar refractivity (Wildman–Crippen MR) is 65.0 cm³/mol. The zero-order chi connectivity index (χ0) is 11.4. The van der Waals surface area contributed by atoms with Crippen LogP contribution in [0.5, 0.6) is 5.75 Å². The molecule has 0 aliphatic heterocycles. The minimum absolute atomic E-state index is 0.0717. The second-order valence-electron chi connectivity index (χ2n) is 3.43. The van der Waals surface area contributed by atoms with Crippen molar-refractivity contribution in [1.29, 1.82) is 0 Å². The third kappa shape index (κ3) is 2.12. The first-order chi connectivity index (χ1) is 7.86. The molecule has 1 nitrogen and oxygen atoms in total. The summed E-state index contributed by atoms with van der Waals surface area (Å²) in [5, 5.41) is 2.18. The summed E-state index contributed by atoms with van der Waals surface area (Å²) in [4.78, 5) is 0. The molecule has 0 atom stereocenters. The van der Waals surface area contributed by atoms with Gasteiger partial charge >= 0.3 is 0 Å². The van der Waals surface area contributed by atoms with Gasteiger partial charge in [-0.25, -0.2) is 4.39 Å². The first-order valence-electron chi connectivity index (χ1n) is 5.12. The van der Waals surface area contributed by atoms with Crippen LogP contribution in [0.2, 0.25) is 0 Å². The van der Waals surface area contributed by atoms with Crippen molar-refractivity contribution in [2.45, 2.75) is 5.88 Å². The Hall–Kier alpha value is -1.28. The second-order valence-corrected chi connectivity index (χ2v) is 3.70. The van der Waals surface area contributed by atoms with Crippen LogP contribution in [0, 0.1) is 0 Å². The fraction of sp³-hybridized carbons (Fsp3) is 0.231. The van der Waals surface area contributed by atoms with Crippen LogP contribution in [-0.2, 0) is 5.88 Å². The molecule has 0 aromatic heterocycles. The summed E-state index contributed by atoms with van der Waals surface area (Å²) in [6.07, 6.45) is 0. The van der Waals surface area contributed by atoms with Gasteiger partial charge in [-0.2, -0.15) is 0 Å². The van der Waals surface area contributed by atoms with Crippen LogP contribution in [0.3, 0.4) is 0 Å². The molecule has 0 spiro atoms. The number of alkyl halides is 2. The number of fused-ring (bicyclic) bond motifs is 1. The summed E-state index contributed by atoms with van der Waals surface area (Å²) in [6, 6.07) is 11.7. The van der Waals surface area contributed by atoms with Crippen LogP contribution in [0.1, 0.15) is 5.56 Å². The quantitative estimate of drug-likeness (QED) is 0.734. The molecule has 0 unspecified atom stereocenters. The van der Waals surface area contributed by atoms with Crippen molar-refractivity contribution in [3.63, 3.8) is 0 Å². The van der Waals surface area contributed by atoms with Gasteiger partial charge in [0.15, 0.2) is 0 Å². The van der Waals surface area contributed by atoms with Gasteiger partial charge in [0.05, 0.1) is 5.88 Å². The van der Waals surface area contributed by atoms with Gasteiger partial charge < -0.3 is 4.74 Å². The average molecular weight is 239 g/mol. The maximum Gasteiger partial charge on any atom is 0.124 e. The van der Waals surface area contributed by atoms with E-state index in [0.29, 0.717) is 11.6 Å². The number of halogens is 2. The van der Waals surface area contributed by atoms with Crippen molar-refractivity contribution >= 4 is 22.4 Å². The number of hydrogen-bond acceptors (Lipinski definition) is 1. The van der Waals surface area contributed by atoms with Gasteiger partial charge in [0.2, 0.25) is 0 Å². The van der Waals surface area contributed by atoms with E-state index in [9.17, 15) is 4.39 Å². The molecule has 0 fully saturated rings. The minimum Gasteiger partial charge on any atom is -0.491 e. The van der Waals surface area contributed by atoms with Gasteiger partial charge in [0.25, 0.3) is 0 Å². The molecule has 2 aromatic rings. The molecule has 3 heteroatoms. The van der Waals surface area contributed by atoms with Crippen LogP contribution < -0.4 is 4.74 Å². The molecule has 16 heavy (non-hydrogen) atoms. The van der Waals surface area contributed by atoms with Crippen molar-refractivity contribution in [3.8, 4) is 5.75 Å². The van der Waals surface area contributed by atoms with Gasteiger partial charge in [-0.15, -0.1) is 11.6 Å². The Morgan fingerprint density at radius 3 is 2.69 bits per heavy atom. The fourth-order valence-electron chi connectivity index (χ4n) is 1.74. The maximum atomic E-state index is 12.1. The van der Waals surface area contributed by atoms with Crippen molar-refractivity contribution in [1.82, 2.24) is 0 Å². The molecule has 0 saturated heterocycles. The molecule has 0 radical (unpaired) electrons. The van der Waals surface area contributed by atoms with E-state index in [-0.39, 0.29) is 6.61 Å². The molecule has 0 amide bonds. The maximum absolute atomic E-state index is 12.1. The Bertz CT molecular complexity index is 484. The van der Waals surface area contributed by atoms with E-state index in [4.69, 9.17) is 16.3 Å². The molecule has 0 aliphatic rings. The number of ether oxygens (including phenoxy) is 1. The van der Waals surface area contributed by atoms with Gasteiger partial charge in [-0.1, -0.05) is 30.3 Å². The average Bonchev–Trinajstić information content (AvgIpc) is 2.35. The topological polar surface area (TPSA) is 9.23 Å². The molecule has 0 saturated carbocycles. The fourth-order valence-corrected chi connectivity index (χ4v) is 2.01. The zero-order valence-electron chi connectivity index (χ0n) is 8.75. The van der Waals surface area contributed by atoms with Gasteiger partial charge in [-0.3, -0.25) is 0 Å². The van der Waals surface area contributed by atoms with Crippen molar-refractivity contribution in [2.75, 3.05) is 13.3 Å². The minimum atomic E-state index is -0.492. The highest BCUT2D eigenvalue weighted by molar-refractivity contribution is 6.18. The standard InChI is InChI=1S/C13H12ClFO/c14-9-12-11-4-2-1-3-10(11)5-6-13(12)16-8-7-15/h1-6H,7-9H2. The summed E-state index contributed by atoms with van der Waals surface area (Å²) in [5.74, 6) is 1.04. The normalized spacial score (nSPS) is 10.6. The highest BCUT2D eigenvalue weighted by Gasteiger charge is 2.07. The SMILES string of the molecule is FCCOc1ccc2ccccc2c1CCl. The van der Waals surface area contributed by atoms with E-state index < -0.39 is 6.67 Å². The van der Waals surface area contributed by atoms with Gasteiger partial charge in [-0.05, 0) is 16.8 Å². The molecule has 0 N–H and O–H groups in total. The monoisotopic (exact) mass is 238 g/mol. The molecule has 2 rings (SSSR count). The van der Waals surface area contributed by atoms with Gasteiger partial charge in [0, 0.05) is 5.56 Å². The molecular weight excluding hydrogens is 227 g/mol. The highest BCUT2D eigenvalue weighted by Crippen LogP contribution is 2.29. The van der Waals surface area contributed by atoms with Crippen LogP contribution >= 0.6 is 11.6 Å². The molecule has 2 aromatic carbocycles. The lowest BCUT2D eigenvalue weighted by Crippen LogP contribution is -2.01. The Labute approximate surface area is 98.8 Å². The van der Waals surface area contributed by atoms with Crippen LogP contribution in [-0.4, -0.2) is 13.3 Å². The van der Waals surface area contributed by atoms with E-state index in [2.05, 4.69) is 0 Å². The van der Waals surface area contributed by atoms with Crippen LogP contribution in [0.4, 0.5) is 4.39 Å². The van der Waals surface area contributed by atoms with E-state index in [1.54, 1.807) is 0 Å². The number of rotatable bonds is 4. The summed E-state index contributed by atoms with van der Waals surface area (Å²) in [6.45, 7) is -0.420. The predicted octanol–water partition coefficient (Wildman–Crippen LogP) is 3.93. The molecule has 84 valence electrons. The van der Waals surface area contributed by atoms with Crippen molar-refractivity contribution in [3.05, 3.63) is 42.0 Å². The summed E-state index contributed by atoms with van der Waals surface area (Å²) < 4.78 is 17.4. The van der Waals surface area contributed by atoms with E-state index in [1.165, 1.54) is 0 Å². The first-order valence-corrected chi connectivity index (χ1v) is 5.65. The third-order valence-electron chi connectivity index (χ3n) is 2.47.